The van der Waals surface area contributed by atoms with Crippen LogP contribution in [0.3, 0.4) is 0 Å². The van der Waals surface area contributed by atoms with Crippen molar-refractivity contribution in [3.8, 4) is 17.3 Å². The summed E-state index contributed by atoms with van der Waals surface area (Å²) in [5.41, 5.74) is 2.11. The Balaban J connectivity index is 2.51. The number of aromatic nitrogens is 3. The SMILES string of the molecule is COC(=O)c1cn(NC(=O)CC#N)cc2c(=O)[nH]nc1-2. The van der Waals surface area contributed by atoms with Gasteiger partial charge in [0.05, 0.1) is 18.7 Å². The number of methoxy groups -OCH3 is 1. The van der Waals surface area contributed by atoms with Crippen LogP contribution in [0.2, 0.25) is 0 Å². The lowest BCUT2D eigenvalue weighted by Crippen LogP contribution is -2.24. The van der Waals surface area contributed by atoms with E-state index in [4.69, 9.17) is 5.26 Å². The summed E-state index contributed by atoms with van der Waals surface area (Å²) < 4.78 is 5.70. The number of rotatable bonds is 3. The first kappa shape index (κ1) is 13.3. The maximum Gasteiger partial charge on any atom is 0.341 e. The first-order chi connectivity index (χ1) is 9.56. The smallest absolute Gasteiger partial charge is 0.341 e. The van der Waals surface area contributed by atoms with Crippen LogP contribution in [0.4, 0.5) is 0 Å². The summed E-state index contributed by atoms with van der Waals surface area (Å²) in [5, 5.41) is 14.4. The van der Waals surface area contributed by atoms with E-state index >= 15 is 0 Å². The van der Waals surface area contributed by atoms with E-state index in [-0.39, 0.29) is 23.2 Å². The van der Waals surface area contributed by atoms with Gasteiger partial charge in [-0.2, -0.15) is 10.4 Å². The van der Waals surface area contributed by atoms with Crippen molar-refractivity contribution < 1.29 is 14.3 Å². The van der Waals surface area contributed by atoms with Gasteiger partial charge in [-0.25, -0.2) is 9.89 Å². The summed E-state index contributed by atoms with van der Waals surface area (Å²) in [6.07, 6.45) is 2.20. The summed E-state index contributed by atoms with van der Waals surface area (Å²) in [4.78, 5) is 34.6. The fraction of sp³-hybridized carbons (Fsp3) is 0.182. The average Bonchev–Trinajstić information content (AvgIpc) is 2.79. The number of carbonyl (C=O) groups is 2. The fourth-order valence-corrected chi connectivity index (χ4v) is 1.62. The molecule has 9 nitrogen and oxygen atoms in total. The first-order valence-electron chi connectivity index (χ1n) is 5.42. The zero-order valence-corrected chi connectivity index (χ0v) is 10.3. The summed E-state index contributed by atoms with van der Waals surface area (Å²) in [5.74, 6) is -1.28. The fourth-order valence-electron chi connectivity index (χ4n) is 1.62. The van der Waals surface area contributed by atoms with Gasteiger partial charge in [0.25, 0.3) is 11.5 Å². The van der Waals surface area contributed by atoms with E-state index in [0.29, 0.717) is 0 Å². The normalized spacial score (nSPS) is 10.0. The maximum absolute atomic E-state index is 11.6. The molecule has 2 aliphatic heterocycles. The van der Waals surface area contributed by atoms with Gasteiger partial charge in [-0.15, -0.1) is 0 Å². The number of nitriles is 1. The molecule has 0 bridgehead atoms. The highest BCUT2D eigenvalue weighted by atomic mass is 16.5. The van der Waals surface area contributed by atoms with Crippen LogP contribution in [0.25, 0.3) is 11.3 Å². The Labute approximate surface area is 112 Å². The van der Waals surface area contributed by atoms with Gasteiger partial charge < -0.3 is 4.74 Å². The van der Waals surface area contributed by atoms with E-state index in [1.165, 1.54) is 19.5 Å². The van der Waals surface area contributed by atoms with Gasteiger partial charge in [-0.1, -0.05) is 0 Å². The van der Waals surface area contributed by atoms with Crippen molar-refractivity contribution >= 4 is 11.9 Å². The Hall–Kier alpha value is -3.15. The number of pyridine rings is 1. The third kappa shape index (κ3) is 2.35. The van der Waals surface area contributed by atoms with Crippen molar-refractivity contribution in [1.29, 1.82) is 5.26 Å². The molecule has 0 spiro atoms. The second-order valence-corrected chi connectivity index (χ2v) is 3.76. The molecule has 102 valence electrons. The predicted octanol–water partition coefficient (Wildman–Crippen LogP) is -0.553. The predicted molar refractivity (Wildman–Crippen MR) is 65.4 cm³/mol. The molecule has 0 fully saturated rings. The molecule has 0 aromatic rings. The molecule has 9 heteroatoms. The number of fused-ring (bicyclic) bond motifs is 1. The molecule has 20 heavy (non-hydrogen) atoms. The van der Waals surface area contributed by atoms with Crippen LogP contribution in [0.15, 0.2) is 17.2 Å². The first-order valence-corrected chi connectivity index (χ1v) is 5.42. The molecule has 2 heterocycles. The maximum atomic E-state index is 11.6. The van der Waals surface area contributed by atoms with E-state index in [1.54, 1.807) is 6.07 Å². The number of H-pyrrole nitrogens is 1. The van der Waals surface area contributed by atoms with Gasteiger partial charge in [0.15, 0.2) is 0 Å². The van der Waals surface area contributed by atoms with Gasteiger partial charge >= 0.3 is 5.97 Å². The molecule has 2 rings (SSSR count). The van der Waals surface area contributed by atoms with Crippen LogP contribution in [-0.2, 0) is 9.53 Å². The third-order valence-electron chi connectivity index (χ3n) is 2.46. The van der Waals surface area contributed by atoms with Crippen LogP contribution in [0.1, 0.15) is 16.8 Å². The summed E-state index contributed by atoms with van der Waals surface area (Å²) >= 11 is 0. The van der Waals surface area contributed by atoms with E-state index in [1.807, 2.05) is 0 Å². The monoisotopic (exact) mass is 275 g/mol. The minimum atomic E-state index is -0.703. The Kier molecular flexibility index (Phi) is 3.47. The third-order valence-corrected chi connectivity index (χ3v) is 2.46. The molecule has 0 aromatic carbocycles. The van der Waals surface area contributed by atoms with Crippen molar-refractivity contribution in [2.45, 2.75) is 6.42 Å². The molecule has 0 atom stereocenters. The minimum absolute atomic E-state index is 0.0145. The average molecular weight is 275 g/mol. The summed E-state index contributed by atoms with van der Waals surface area (Å²) in [6, 6.07) is 1.68. The van der Waals surface area contributed by atoms with Crippen LogP contribution < -0.4 is 11.0 Å². The van der Waals surface area contributed by atoms with Crippen LogP contribution in [0, 0.1) is 11.3 Å². The summed E-state index contributed by atoms with van der Waals surface area (Å²) in [6.45, 7) is 0. The number of hydrogen-bond donors (Lipinski definition) is 2. The number of ether oxygens (including phenoxy) is 1. The van der Waals surface area contributed by atoms with Gasteiger partial charge in [0, 0.05) is 12.4 Å². The zero-order valence-electron chi connectivity index (χ0n) is 10.3. The van der Waals surface area contributed by atoms with Crippen LogP contribution in [0.5, 0.6) is 0 Å². The van der Waals surface area contributed by atoms with Gasteiger partial charge in [0.2, 0.25) is 0 Å². The molecule has 0 radical (unpaired) electrons. The lowest BCUT2D eigenvalue weighted by molar-refractivity contribution is -0.116. The number of nitrogens with zero attached hydrogens (tertiary/aromatic N) is 3. The van der Waals surface area contributed by atoms with Gasteiger partial charge in [0.1, 0.15) is 17.7 Å². The summed E-state index contributed by atoms with van der Waals surface area (Å²) in [7, 11) is 1.19. The number of amides is 1. The van der Waals surface area contributed by atoms with E-state index in [9.17, 15) is 14.4 Å². The number of aromatic amines is 1. The molecule has 0 aromatic heterocycles. The van der Waals surface area contributed by atoms with Crippen molar-refractivity contribution in [3.05, 3.63) is 28.3 Å². The van der Waals surface area contributed by atoms with Gasteiger partial charge in [-0.3, -0.25) is 19.7 Å². The van der Waals surface area contributed by atoms with Gasteiger partial charge in [-0.05, 0) is 0 Å². The van der Waals surface area contributed by atoms with Crippen LogP contribution in [-0.4, -0.2) is 33.9 Å². The lowest BCUT2D eigenvalue weighted by Gasteiger charge is -2.11. The standard InChI is InChI=1S/C11H9N5O4/c1-20-11(19)7-5-16(15-8(17)2-3-12)4-6-9(7)13-14-10(6)18/h4-5H,2H2,1H3,(H,14,18)(H,15,17). The quantitative estimate of drug-likeness (QED) is 0.722. The number of nitrogens with one attached hydrogen (secondary N) is 2. The van der Waals surface area contributed by atoms with Crippen molar-refractivity contribution in [3.63, 3.8) is 0 Å². The molecule has 0 unspecified atom stereocenters. The molecular formula is C11H9N5O4. The van der Waals surface area contributed by atoms with Crippen molar-refractivity contribution in [1.82, 2.24) is 14.9 Å². The Morgan fingerprint density at radius 2 is 2.30 bits per heavy atom. The van der Waals surface area contributed by atoms with E-state index < -0.39 is 17.4 Å². The number of carbonyl (C=O) groups excluding carboxylic acids is 2. The molecule has 0 saturated carbocycles. The zero-order chi connectivity index (χ0) is 14.7. The van der Waals surface area contributed by atoms with Crippen molar-refractivity contribution in [2.75, 3.05) is 12.5 Å². The Morgan fingerprint density at radius 3 is 2.95 bits per heavy atom. The highest BCUT2D eigenvalue weighted by Gasteiger charge is 2.22. The Bertz CT molecular complexity index is 738. The number of hydrogen-bond acceptors (Lipinski definition) is 6. The number of esters is 1. The molecule has 1 amide bonds. The molecule has 2 aliphatic rings. The minimum Gasteiger partial charge on any atom is -0.465 e. The lowest BCUT2D eigenvalue weighted by atomic mass is 10.1. The second-order valence-electron chi connectivity index (χ2n) is 3.76. The van der Waals surface area contributed by atoms with E-state index in [0.717, 1.165) is 4.68 Å². The van der Waals surface area contributed by atoms with E-state index in [2.05, 4.69) is 20.4 Å². The topological polar surface area (TPSA) is 130 Å². The molecular weight excluding hydrogens is 266 g/mol. The Morgan fingerprint density at radius 1 is 1.55 bits per heavy atom. The largest absolute Gasteiger partial charge is 0.465 e. The molecule has 0 saturated heterocycles. The van der Waals surface area contributed by atoms with Crippen LogP contribution >= 0.6 is 0 Å². The highest BCUT2D eigenvalue weighted by molar-refractivity contribution is 5.96. The van der Waals surface area contributed by atoms with Crippen molar-refractivity contribution in [2.24, 2.45) is 0 Å². The highest BCUT2D eigenvalue weighted by Crippen LogP contribution is 2.19. The molecule has 2 N–H and O–H groups in total. The second kappa shape index (κ2) is 5.23. The molecule has 0 aliphatic carbocycles.